The second-order valence-corrected chi connectivity index (χ2v) is 8.18. The van der Waals surface area contributed by atoms with E-state index in [4.69, 9.17) is 5.73 Å². The van der Waals surface area contributed by atoms with Crippen molar-refractivity contribution in [1.29, 1.82) is 0 Å². The van der Waals surface area contributed by atoms with Crippen LogP contribution in [0.2, 0.25) is 0 Å². The molecule has 0 amide bonds. The maximum atomic E-state index is 13.2. The van der Waals surface area contributed by atoms with Crippen LogP contribution < -0.4 is 16.0 Å². The van der Waals surface area contributed by atoms with E-state index in [0.29, 0.717) is 0 Å². The SMILES string of the molecule is CCN1C(N)=S(N2CCNCC2)c2ccc(-c3ccc(F)cc3)cc21. The molecule has 2 heterocycles. The molecule has 0 aliphatic carbocycles. The monoisotopic (exact) mass is 358 g/mol. The summed E-state index contributed by atoms with van der Waals surface area (Å²) in [5, 5.41) is 4.35. The lowest BCUT2D eigenvalue weighted by Gasteiger charge is -2.29. The smallest absolute Gasteiger partial charge is 0.127 e. The van der Waals surface area contributed by atoms with Crippen molar-refractivity contribution in [2.75, 3.05) is 37.6 Å². The van der Waals surface area contributed by atoms with Gasteiger partial charge in [0.05, 0.1) is 5.69 Å². The zero-order valence-electron chi connectivity index (χ0n) is 14.3. The minimum Gasteiger partial charge on any atom is -0.326 e. The van der Waals surface area contributed by atoms with Crippen molar-refractivity contribution < 1.29 is 4.39 Å². The second-order valence-electron chi connectivity index (χ2n) is 6.24. The Morgan fingerprint density at radius 2 is 1.76 bits per heavy atom. The highest BCUT2D eigenvalue weighted by atomic mass is 32.2. The Morgan fingerprint density at radius 1 is 1.08 bits per heavy atom. The van der Waals surface area contributed by atoms with Crippen molar-refractivity contribution in [2.24, 2.45) is 5.73 Å². The molecule has 0 spiro atoms. The molecule has 0 radical (unpaired) electrons. The van der Waals surface area contributed by atoms with Crippen LogP contribution in [-0.4, -0.2) is 42.1 Å². The number of rotatable bonds is 3. The Balaban J connectivity index is 1.75. The van der Waals surface area contributed by atoms with Crippen molar-refractivity contribution in [1.82, 2.24) is 9.62 Å². The average molecular weight is 358 g/mol. The highest BCUT2D eigenvalue weighted by molar-refractivity contribution is 8.14. The standard InChI is InChI=1S/C19H23FN4S/c1-2-24-17-13-15(14-3-6-16(20)7-4-14)5-8-18(17)25(19(24)21)23-11-9-22-10-12-23/h3-8,13,22H,2,9-12,21H2,1H3. The van der Waals surface area contributed by atoms with Gasteiger partial charge in [-0.15, -0.1) is 0 Å². The molecule has 132 valence electrons. The molecule has 2 aromatic carbocycles. The van der Waals surface area contributed by atoms with Gasteiger partial charge in [-0.1, -0.05) is 18.2 Å². The molecular formula is C19H23FN4S. The quantitative estimate of drug-likeness (QED) is 0.828. The van der Waals surface area contributed by atoms with Crippen molar-refractivity contribution >= 4 is 21.5 Å². The van der Waals surface area contributed by atoms with E-state index in [0.717, 1.165) is 49.0 Å². The molecule has 4 rings (SSSR count). The Kier molecular flexibility index (Phi) is 4.60. The van der Waals surface area contributed by atoms with Crippen LogP contribution in [0.15, 0.2) is 47.4 Å². The van der Waals surface area contributed by atoms with Gasteiger partial charge >= 0.3 is 0 Å². The summed E-state index contributed by atoms with van der Waals surface area (Å²) in [6.45, 7) is 7.02. The number of nitrogens with one attached hydrogen (secondary N) is 1. The molecule has 1 saturated heterocycles. The third kappa shape index (κ3) is 3.00. The number of nitrogens with two attached hydrogens (primary N) is 1. The number of nitrogens with zero attached hydrogens (tertiary/aromatic N) is 2. The molecule has 25 heavy (non-hydrogen) atoms. The number of piperazine rings is 1. The lowest BCUT2D eigenvalue weighted by atomic mass is 10.0. The van der Waals surface area contributed by atoms with Gasteiger partial charge in [0, 0.05) is 37.6 Å². The number of hydrogen-bond donors (Lipinski definition) is 2. The third-order valence-electron chi connectivity index (χ3n) is 4.75. The summed E-state index contributed by atoms with van der Waals surface area (Å²) < 4.78 is 15.7. The highest BCUT2D eigenvalue weighted by Gasteiger charge is 2.29. The first-order chi connectivity index (χ1) is 12.2. The van der Waals surface area contributed by atoms with E-state index in [1.54, 1.807) is 0 Å². The summed E-state index contributed by atoms with van der Waals surface area (Å²) in [5.74, 6) is -0.210. The van der Waals surface area contributed by atoms with E-state index in [-0.39, 0.29) is 16.5 Å². The largest absolute Gasteiger partial charge is 0.326 e. The maximum absolute atomic E-state index is 13.2. The highest BCUT2D eigenvalue weighted by Crippen LogP contribution is 2.46. The summed E-state index contributed by atoms with van der Waals surface area (Å²) in [7, 11) is -0.178. The van der Waals surface area contributed by atoms with E-state index < -0.39 is 0 Å². The molecule has 1 unspecified atom stereocenters. The van der Waals surface area contributed by atoms with Crippen LogP contribution in [0.1, 0.15) is 6.92 Å². The van der Waals surface area contributed by atoms with Crippen LogP contribution in [0.4, 0.5) is 10.1 Å². The molecule has 2 aliphatic rings. The van der Waals surface area contributed by atoms with E-state index in [1.165, 1.54) is 22.7 Å². The fourth-order valence-electron chi connectivity index (χ4n) is 3.47. The molecule has 0 bridgehead atoms. The van der Waals surface area contributed by atoms with Gasteiger partial charge in [-0.2, -0.15) is 0 Å². The van der Waals surface area contributed by atoms with Crippen LogP contribution in [0.3, 0.4) is 0 Å². The normalized spacial score (nSPS) is 20.8. The first-order valence-electron chi connectivity index (χ1n) is 8.69. The van der Waals surface area contributed by atoms with Gasteiger partial charge in [0.1, 0.15) is 10.9 Å². The van der Waals surface area contributed by atoms with E-state index in [9.17, 15) is 4.39 Å². The zero-order valence-corrected chi connectivity index (χ0v) is 15.2. The van der Waals surface area contributed by atoms with Crippen LogP contribution in [0.25, 0.3) is 11.1 Å². The summed E-state index contributed by atoms with van der Waals surface area (Å²) in [6.07, 6.45) is 0. The van der Waals surface area contributed by atoms with Gasteiger partial charge in [-0.25, -0.2) is 8.70 Å². The molecule has 0 saturated carbocycles. The predicted octanol–water partition coefficient (Wildman–Crippen LogP) is 2.83. The first kappa shape index (κ1) is 16.7. The van der Waals surface area contributed by atoms with Gasteiger partial charge in [0.25, 0.3) is 0 Å². The summed E-state index contributed by atoms with van der Waals surface area (Å²) in [6, 6.07) is 13.2. The van der Waals surface area contributed by atoms with E-state index >= 15 is 0 Å². The molecule has 3 N–H and O–H groups in total. The van der Waals surface area contributed by atoms with Crippen LogP contribution >= 0.6 is 10.7 Å². The van der Waals surface area contributed by atoms with E-state index in [2.05, 4.69) is 39.6 Å². The fourth-order valence-corrected chi connectivity index (χ4v) is 5.79. The first-order valence-corrected chi connectivity index (χ1v) is 9.87. The number of anilines is 1. The molecular weight excluding hydrogens is 335 g/mol. The van der Waals surface area contributed by atoms with Crippen molar-refractivity contribution in [2.45, 2.75) is 11.8 Å². The molecule has 4 nitrogen and oxygen atoms in total. The molecule has 0 aromatic heterocycles. The minimum atomic E-state index is -0.210. The lowest BCUT2D eigenvalue weighted by Crippen LogP contribution is -2.42. The lowest BCUT2D eigenvalue weighted by molar-refractivity contribution is 0.395. The minimum absolute atomic E-state index is 0.178. The topological polar surface area (TPSA) is 44.5 Å². The second kappa shape index (κ2) is 6.88. The number of benzene rings is 2. The van der Waals surface area contributed by atoms with Gasteiger partial charge in [0.2, 0.25) is 0 Å². The number of hydrogen-bond acceptors (Lipinski definition) is 4. The Bertz CT molecular complexity index is 813. The van der Waals surface area contributed by atoms with Gasteiger partial charge in [-0.3, -0.25) is 5.73 Å². The Labute approximate surface area is 150 Å². The van der Waals surface area contributed by atoms with Crippen LogP contribution in [0.5, 0.6) is 0 Å². The molecule has 6 heteroatoms. The van der Waals surface area contributed by atoms with Crippen LogP contribution in [-0.2, 0) is 0 Å². The molecule has 1 fully saturated rings. The number of fused-ring (bicyclic) bond motifs is 1. The van der Waals surface area contributed by atoms with Gasteiger partial charge in [0.15, 0.2) is 0 Å². The van der Waals surface area contributed by atoms with Crippen molar-refractivity contribution in [3.05, 3.63) is 48.3 Å². The average Bonchev–Trinajstić information content (AvgIpc) is 2.93. The maximum Gasteiger partial charge on any atom is 0.127 e. The van der Waals surface area contributed by atoms with Crippen molar-refractivity contribution in [3.8, 4) is 11.1 Å². The molecule has 2 aromatic rings. The Hall–Kier alpha value is -1.73. The predicted molar refractivity (Wildman–Crippen MR) is 104 cm³/mol. The zero-order chi connectivity index (χ0) is 17.4. The summed E-state index contributed by atoms with van der Waals surface area (Å²) in [4.78, 5) is 3.51. The Morgan fingerprint density at radius 3 is 2.44 bits per heavy atom. The molecule has 1 atom stereocenters. The van der Waals surface area contributed by atoms with Gasteiger partial charge in [-0.05, 0) is 53.0 Å². The third-order valence-corrected chi connectivity index (χ3v) is 7.01. The molecule has 2 aliphatic heterocycles. The van der Waals surface area contributed by atoms with E-state index in [1.807, 2.05) is 12.1 Å². The fraction of sp³-hybridized carbons (Fsp3) is 0.316. The summed E-state index contributed by atoms with van der Waals surface area (Å²) in [5.41, 5.74) is 9.87. The summed E-state index contributed by atoms with van der Waals surface area (Å²) >= 11 is 0. The van der Waals surface area contributed by atoms with Crippen molar-refractivity contribution in [3.63, 3.8) is 0 Å². The van der Waals surface area contributed by atoms with Crippen LogP contribution in [0, 0.1) is 5.82 Å². The number of halogens is 1. The van der Waals surface area contributed by atoms with Gasteiger partial charge < -0.3 is 10.2 Å².